The van der Waals surface area contributed by atoms with Crippen molar-refractivity contribution >= 4 is 34.6 Å². The van der Waals surface area contributed by atoms with Crippen LogP contribution in [0.5, 0.6) is 0 Å². The summed E-state index contributed by atoms with van der Waals surface area (Å²) in [5.74, 6) is -0.886. The molecule has 1 aliphatic rings. The molecule has 0 unspecified atom stereocenters. The number of halogens is 3. The van der Waals surface area contributed by atoms with Crippen LogP contribution in [0.4, 0.5) is 30.5 Å². The van der Waals surface area contributed by atoms with E-state index in [0.717, 1.165) is 23.9 Å². The normalized spacial score (nSPS) is 17.3. The van der Waals surface area contributed by atoms with Gasteiger partial charge in [-0.25, -0.2) is 19.7 Å². The maximum atomic E-state index is 13.0. The van der Waals surface area contributed by atoms with E-state index in [4.69, 9.17) is 5.73 Å². The molecule has 3 heterocycles. The van der Waals surface area contributed by atoms with E-state index in [1.165, 1.54) is 23.5 Å². The molecule has 0 saturated heterocycles. The second-order valence-electron chi connectivity index (χ2n) is 8.64. The molecule has 8 nitrogen and oxygen atoms in total. The summed E-state index contributed by atoms with van der Waals surface area (Å²) in [6.07, 6.45) is -0.206. The number of anilines is 3. The summed E-state index contributed by atoms with van der Waals surface area (Å²) in [6, 6.07) is 9.49. The molecule has 0 saturated carbocycles. The first-order valence-corrected chi connectivity index (χ1v) is 12.0. The Morgan fingerprint density at radius 1 is 1.11 bits per heavy atom. The highest BCUT2D eigenvalue weighted by Gasteiger charge is 2.39. The Morgan fingerprint density at radius 2 is 1.92 bits per heavy atom. The van der Waals surface area contributed by atoms with Crippen molar-refractivity contribution in [3.63, 3.8) is 0 Å². The second-order valence-corrected chi connectivity index (χ2v) is 9.67. The summed E-state index contributed by atoms with van der Waals surface area (Å²) in [4.78, 5) is 24.8. The molecule has 4 aromatic rings. The lowest BCUT2D eigenvalue weighted by Crippen LogP contribution is -2.32. The van der Waals surface area contributed by atoms with Crippen molar-refractivity contribution in [3.8, 4) is 10.6 Å². The van der Waals surface area contributed by atoms with Gasteiger partial charge < -0.3 is 21.3 Å². The summed E-state index contributed by atoms with van der Waals surface area (Å²) in [5.41, 5.74) is 6.05. The lowest BCUT2D eigenvalue weighted by atomic mass is 9.79. The minimum atomic E-state index is -4.51. The third-order valence-electron chi connectivity index (χ3n) is 6.09. The van der Waals surface area contributed by atoms with Gasteiger partial charge >= 0.3 is 12.1 Å². The summed E-state index contributed by atoms with van der Waals surface area (Å²) in [7, 11) is 0. The van der Waals surface area contributed by atoms with Crippen LogP contribution >= 0.6 is 11.3 Å². The van der Waals surface area contributed by atoms with Crippen molar-refractivity contribution < 1.29 is 28.2 Å². The van der Waals surface area contributed by atoms with Crippen LogP contribution < -0.4 is 11.1 Å². The number of carboxylic acids is 1. The summed E-state index contributed by atoms with van der Waals surface area (Å²) in [5, 5.41) is 24.1. The predicted octanol–water partition coefficient (Wildman–Crippen LogP) is 5.22. The summed E-state index contributed by atoms with van der Waals surface area (Å²) in [6.45, 7) is 0. The van der Waals surface area contributed by atoms with Gasteiger partial charge in [-0.15, -0.1) is 11.3 Å². The van der Waals surface area contributed by atoms with Gasteiger partial charge in [-0.1, -0.05) is 6.07 Å². The van der Waals surface area contributed by atoms with Crippen molar-refractivity contribution in [2.24, 2.45) is 0 Å². The highest BCUT2D eigenvalue weighted by atomic mass is 32.1. The number of nitrogens with one attached hydrogen (secondary N) is 1. The van der Waals surface area contributed by atoms with E-state index < -0.39 is 23.3 Å². The number of benzene rings is 1. The monoisotopic (exact) mass is 527 g/mol. The number of pyridine rings is 2. The van der Waals surface area contributed by atoms with Crippen LogP contribution in [0.15, 0.2) is 54.9 Å². The fourth-order valence-electron chi connectivity index (χ4n) is 4.36. The van der Waals surface area contributed by atoms with Crippen molar-refractivity contribution in [2.45, 2.75) is 31.0 Å². The molecule has 0 amide bonds. The number of aromatic carboxylic acids is 1. The van der Waals surface area contributed by atoms with Gasteiger partial charge in [0, 0.05) is 24.1 Å². The Bertz CT molecular complexity index is 1510. The largest absolute Gasteiger partial charge is 0.478 e. The predicted molar refractivity (Wildman–Crippen MR) is 132 cm³/mol. The molecule has 1 atom stereocenters. The number of aryl methyl sites for hydroxylation is 1. The fourth-order valence-corrected chi connectivity index (χ4v) is 5.37. The van der Waals surface area contributed by atoms with E-state index in [0.29, 0.717) is 46.1 Å². The molecule has 12 heteroatoms. The molecule has 0 radical (unpaired) electrons. The van der Waals surface area contributed by atoms with Gasteiger partial charge in [-0.2, -0.15) is 13.2 Å². The zero-order valence-corrected chi connectivity index (χ0v) is 19.9. The zero-order valence-electron chi connectivity index (χ0n) is 19.1. The number of nitrogen functional groups attached to an aromatic ring is 1. The number of hydrogen-bond donors (Lipinski definition) is 4. The van der Waals surface area contributed by atoms with Gasteiger partial charge in [0.2, 0.25) is 0 Å². The first-order chi connectivity index (χ1) is 17.5. The van der Waals surface area contributed by atoms with Gasteiger partial charge in [-0.05, 0) is 60.7 Å². The standard InChI is InChI=1S/C25H20F3N5O3S/c26-25(27,28)15-5-7-30-20(9-15)33-21-11-16(29)10-18(32-21)19-12-31-23(37-19)24(36)6-1-2-13-8-14(22(34)35)3-4-17(13)24/h3-5,7-12,36H,1-2,6H2,(H,34,35)(H3,29,30,32,33)/t24-/m1/s1. The molecular formula is C25H20F3N5O3S. The van der Waals surface area contributed by atoms with Gasteiger partial charge in [0.1, 0.15) is 22.2 Å². The topological polar surface area (TPSA) is 134 Å². The Labute approximate surface area is 212 Å². The van der Waals surface area contributed by atoms with Crippen molar-refractivity contribution in [2.75, 3.05) is 11.1 Å². The highest BCUT2D eigenvalue weighted by Crippen LogP contribution is 2.44. The number of nitrogens with zero attached hydrogens (tertiary/aromatic N) is 3. The van der Waals surface area contributed by atoms with Crippen LogP contribution in [0.2, 0.25) is 0 Å². The molecule has 0 spiro atoms. The lowest BCUT2D eigenvalue weighted by Gasteiger charge is -2.33. The van der Waals surface area contributed by atoms with E-state index in [9.17, 15) is 28.2 Å². The molecule has 190 valence electrons. The molecule has 1 aliphatic carbocycles. The number of rotatable bonds is 5. The van der Waals surface area contributed by atoms with E-state index in [2.05, 4.69) is 20.3 Å². The SMILES string of the molecule is Nc1cc(Nc2cc(C(F)(F)F)ccn2)nc(-c2cnc([C@@]3(O)CCCc4cc(C(=O)O)ccc43)s2)c1. The minimum absolute atomic E-state index is 0.0438. The minimum Gasteiger partial charge on any atom is -0.478 e. The number of aromatic nitrogens is 3. The van der Waals surface area contributed by atoms with E-state index in [1.807, 2.05) is 0 Å². The average molecular weight is 528 g/mol. The molecule has 3 aromatic heterocycles. The van der Waals surface area contributed by atoms with Crippen molar-refractivity contribution in [1.29, 1.82) is 0 Å². The Morgan fingerprint density at radius 3 is 2.68 bits per heavy atom. The number of thiazole rings is 1. The Balaban J connectivity index is 1.46. The number of carboxylic acid groups (broad SMARTS) is 1. The van der Waals surface area contributed by atoms with Crippen LogP contribution in [0.25, 0.3) is 10.6 Å². The van der Waals surface area contributed by atoms with Gasteiger partial charge in [0.25, 0.3) is 0 Å². The molecule has 0 bridgehead atoms. The van der Waals surface area contributed by atoms with Gasteiger partial charge in [0.05, 0.1) is 21.7 Å². The maximum Gasteiger partial charge on any atom is 0.416 e. The summed E-state index contributed by atoms with van der Waals surface area (Å²) >= 11 is 1.21. The third-order valence-corrected chi connectivity index (χ3v) is 7.26. The van der Waals surface area contributed by atoms with Crippen LogP contribution in [-0.4, -0.2) is 31.1 Å². The average Bonchev–Trinajstić information content (AvgIpc) is 3.35. The van der Waals surface area contributed by atoms with Crippen LogP contribution in [0.1, 0.15) is 44.9 Å². The fraction of sp³-hybridized carbons (Fsp3) is 0.200. The highest BCUT2D eigenvalue weighted by molar-refractivity contribution is 7.15. The Kier molecular flexibility index (Phi) is 6.08. The van der Waals surface area contributed by atoms with Gasteiger partial charge in [0.15, 0.2) is 0 Å². The Hall–Kier alpha value is -4.03. The zero-order chi connectivity index (χ0) is 26.4. The molecule has 1 aromatic carbocycles. The number of aliphatic hydroxyl groups is 1. The molecule has 0 aliphatic heterocycles. The molecule has 37 heavy (non-hydrogen) atoms. The molecular weight excluding hydrogens is 507 g/mol. The number of alkyl halides is 3. The summed E-state index contributed by atoms with van der Waals surface area (Å²) < 4.78 is 39.1. The molecule has 0 fully saturated rings. The molecule has 5 rings (SSSR count). The van der Waals surface area contributed by atoms with Crippen LogP contribution in [0, 0.1) is 0 Å². The van der Waals surface area contributed by atoms with Crippen molar-refractivity contribution in [3.05, 3.63) is 82.1 Å². The lowest BCUT2D eigenvalue weighted by molar-refractivity contribution is -0.137. The van der Waals surface area contributed by atoms with Crippen LogP contribution in [-0.2, 0) is 18.2 Å². The first kappa shape index (κ1) is 24.7. The second kappa shape index (κ2) is 9.12. The quantitative estimate of drug-likeness (QED) is 0.278. The third kappa shape index (κ3) is 4.85. The smallest absolute Gasteiger partial charge is 0.416 e. The number of carbonyl (C=O) groups is 1. The van der Waals surface area contributed by atoms with E-state index >= 15 is 0 Å². The van der Waals surface area contributed by atoms with Gasteiger partial charge in [-0.3, -0.25) is 0 Å². The number of nitrogens with two attached hydrogens (primary N) is 1. The first-order valence-electron chi connectivity index (χ1n) is 11.2. The van der Waals surface area contributed by atoms with Crippen LogP contribution in [0.3, 0.4) is 0 Å². The van der Waals surface area contributed by atoms with E-state index in [-0.39, 0.29) is 17.2 Å². The number of hydrogen-bond acceptors (Lipinski definition) is 8. The number of fused-ring (bicyclic) bond motifs is 1. The van der Waals surface area contributed by atoms with E-state index in [1.54, 1.807) is 24.4 Å². The molecule has 5 N–H and O–H groups in total. The maximum absolute atomic E-state index is 13.0. The van der Waals surface area contributed by atoms with Crippen molar-refractivity contribution in [1.82, 2.24) is 15.0 Å².